The van der Waals surface area contributed by atoms with Crippen LogP contribution in [0.4, 0.5) is 0 Å². The molecule has 0 fully saturated rings. The fourth-order valence-corrected chi connectivity index (χ4v) is 1.86. The van der Waals surface area contributed by atoms with E-state index in [1.807, 2.05) is 0 Å². The molecule has 0 saturated heterocycles. The van der Waals surface area contributed by atoms with E-state index in [1.165, 1.54) is 42.4 Å². The number of nitrogens with two attached hydrogens (primary N) is 1. The number of aryl methyl sites for hydroxylation is 1. The van der Waals surface area contributed by atoms with Crippen LogP contribution < -0.4 is 5.73 Å². The Balaban J connectivity index is 2.27. The first kappa shape index (κ1) is 14.2. The van der Waals surface area contributed by atoms with Gasteiger partial charge in [-0.05, 0) is 30.0 Å². The van der Waals surface area contributed by atoms with Crippen molar-refractivity contribution in [2.45, 2.75) is 52.7 Å². The lowest BCUT2D eigenvalue weighted by Crippen LogP contribution is -2.01. The molecule has 0 amide bonds. The van der Waals surface area contributed by atoms with Crippen LogP contribution in [0, 0.1) is 6.92 Å². The second kappa shape index (κ2) is 8.26. The standard InChI is InChI=1S/C15H25NO/c1-3-4-5-6-9-17-12-15-8-7-14(11-16)10-13(15)2/h7-8,10H,3-6,9,11-12,16H2,1-2H3. The van der Waals surface area contributed by atoms with Gasteiger partial charge in [-0.2, -0.15) is 0 Å². The van der Waals surface area contributed by atoms with E-state index in [0.29, 0.717) is 6.54 Å². The number of unbranched alkanes of at least 4 members (excludes halogenated alkanes) is 3. The minimum atomic E-state index is 0.610. The second-order valence-electron chi connectivity index (χ2n) is 4.58. The molecule has 0 radical (unpaired) electrons. The highest BCUT2D eigenvalue weighted by Crippen LogP contribution is 2.12. The molecule has 0 aliphatic heterocycles. The van der Waals surface area contributed by atoms with E-state index in [9.17, 15) is 0 Å². The Labute approximate surface area is 105 Å². The summed E-state index contributed by atoms with van der Waals surface area (Å²) in [7, 11) is 0. The smallest absolute Gasteiger partial charge is 0.0719 e. The first-order valence-corrected chi connectivity index (χ1v) is 6.64. The maximum absolute atomic E-state index is 5.69. The average Bonchev–Trinajstić information content (AvgIpc) is 2.35. The molecule has 1 aromatic rings. The third-order valence-electron chi connectivity index (χ3n) is 3.04. The minimum absolute atomic E-state index is 0.610. The van der Waals surface area contributed by atoms with E-state index in [-0.39, 0.29) is 0 Å². The molecule has 1 rings (SSSR count). The molecule has 0 unspecified atom stereocenters. The Kier molecular flexibility index (Phi) is 6.90. The quantitative estimate of drug-likeness (QED) is 0.699. The summed E-state index contributed by atoms with van der Waals surface area (Å²) >= 11 is 0. The number of ether oxygens (including phenoxy) is 1. The van der Waals surface area contributed by atoms with Crippen LogP contribution in [0.3, 0.4) is 0 Å². The summed E-state index contributed by atoms with van der Waals surface area (Å²) in [6, 6.07) is 6.36. The molecular formula is C15H25NO. The molecule has 0 aliphatic carbocycles. The van der Waals surface area contributed by atoms with Crippen molar-refractivity contribution in [1.29, 1.82) is 0 Å². The van der Waals surface area contributed by atoms with Crippen LogP contribution in [0.1, 0.15) is 49.3 Å². The zero-order chi connectivity index (χ0) is 12.5. The topological polar surface area (TPSA) is 35.2 Å². The lowest BCUT2D eigenvalue weighted by atomic mass is 10.1. The van der Waals surface area contributed by atoms with Crippen molar-refractivity contribution < 1.29 is 4.74 Å². The van der Waals surface area contributed by atoms with Crippen LogP contribution in [0.15, 0.2) is 18.2 Å². The summed E-state index contributed by atoms with van der Waals surface area (Å²) in [6.45, 7) is 6.55. The van der Waals surface area contributed by atoms with Crippen LogP contribution in [-0.4, -0.2) is 6.61 Å². The van der Waals surface area contributed by atoms with Gasteiger partial charge in [0.1, 0.15) is 0 Å². The molecule has 0 saturated carbocycles. The van der Waals surface area contributed by atoms with Crippen LogP contribution in [0.5, 0.6) is 0 Å². The zero-order valence-corrected chi connectivity index (χ0v) is 11.2. The molecule has 0 aliphatic rings. The molecule has 96 valence electrons. The molecule has 2 heteroatoms. The number of hydrogen-bond acceptors (Lipinski definition) is 2. The van der Waals surface area contributed by atoms with E-state index < -0.39 is 0 Å². The lowest BCUT2D eigenvalue weighted by Gasteiger charge is -2.08. The Morgan fingerprint density at radius 3 is 2.65 bits per heavy atom. The van der Waals surface area contributed by atoms with Crippen LogP contribution >= 0.6 is 0 Å². The van der Waals surface area contributed by atoms with Gasteiger partial charge in [-0.15, -0.1) is 0 Å². The predicted molar refractivity (Wildman–Crippen MR) is 72.9 cm³/mol. The van der Waals surface area contributed by atoms with Gasteiger partial charge in [0.05, 0.1) is 6.61 Å². The third-order valence-corrected chi connectivity index (χ3v) is 3.04. The van der Waals surface area contributed by atoms with Gasteiger partial charge >= 0.3 is 0 Å². The summed E-state index contributed by atoms with van der Waals surface area (Å²) in [5.41, 5.74) is 9.35. The first-order chi connectivity index (χ1) is 8.27. The monoisotopic (exact) mass is 235 g/mol. The number of benzene rings is 1. The molecule has 0 bridgehead atoms. The van der Waals surface area contributed by atoms with Gasteiger partial charge in [-0.3, -0.25) is 0 Å². The largest absolute Gasteiger partial charge is 0.377 e. The third kappa shape index (κ3) is 5.33. The van der Waals surface area contributed by atoms with Gasteiger partial charge in [-0.25, -0.2) is 0 Å². The van der Waals surface area contributed by atoms with Crippen LogP contribution in [0.25, 0.3) is 0 Å². The van der Waals surface area contributed by atoms with Gasteiger partial charge in [0.2, 0.25) is 0 Å². The van der Waals surface area contributed by atoms with Crippen LogP contribution in [0.2, 0.25) is 0 Å². The van der Waals surface area contributed by atoms with E-state index in [4.69, 9.17) is 10.5 Å². The van der Waals surface area contributed by atoms with E-state index in [2.05, 4.69) is 32.0 Å². The van der Waals surface area contributed by atoms with E-state index >= 15 is 0 Å². The highest BCUT2D eigenvalue weighted by atomic mass is 16.5. The van der Waals surface area contributed by atoms with Gasteiger partial charge in [0.15, 0.2) is 0 Å². The summed E-state index contributed by atoms with van der Waals surface area (Å²) in [5, 5.41) is 0. The molecule has 1 aromatic carbocycles. The fourth-order valence-electron chi connectivity index (χ4n) is 1.86. The highest BCUT2D eigenvalue weighted by molar-refractivity contribution is 5.30. The Hall–Kier alpha value is -0.860. The van der Waals surface area contributed by atoms with Crippen LogP contribution in [-0.2, 0) is 17.9 Å². The SMILES string of the molecule is CCCCCCOCc1ccc(CN)cc1C. The normalized spacial score (nSPS) is 10.8. The molecule has 0 heterocycles. The van der Waals surface area contributed by atoms with Crippen molar-refractivity contribution in [1.82, 2.24) is 0 Å². The highest BCUT2D eigenvalue weighted by Gasteiger charge is 1.99. The lowest BCUT2D eigenvalue weighted by molar-refractivity contribution is 0.116. The molecule has 2 nitrogen and oxygen atoms in total. The summed E-state index contributed by atoms with van der Waals surface area (Å²) in [4.78, 5) is 0. The van der Waals surface area contributed by atoms with Gasteiger partial charge in [0, 0.05) is 13.2 Å². The predicted octanol–water partition coefficient (Wildman–Crippen LogP) is 3.55. The average molecular weight is 235 g/mol. The van der Waals surface area contributed by atoms with Crippen molar-refractivity contribution in [3.63, 3.8) is 0 Å². The molecule has 2 N–H and O–H groups in total. The Morgan fingerprint density at radius 2 is 2.00 bits per heavy atom. The second-order valence-corrected chi connectivity index (χ2v) is 4.58. The molecule has 17 heavy (non-hydrogen) atoms. The Bertz CT molecular complexity index is 323. The van der Waals surface area contributed by atoms with Crippen molar-refractivity contribution >= 4 is 0 Å². The number of rotatable bonds is 8. The maximum atomic E-state index is 5.69. The zero-order valence-electron chi connectivity index (χ0n) is 11.2. The molecular weight excluding hydrogens is 210 g/mol. The van der Waals surface area contributed by atoms with Crippen molar-refractivity contribution in [3.8, 4) is 0 Å². The van der Waals surface area contributed by atoms with Crippen molar-refractivity contribution in [2.24, 2.45) is 5.73 Å². The van der Waals surface area contributed by atoms with Gasteiger partial charge in [-0.1, -0.05) is 44.4 Å². The van der Waals surface area contributed by atoms with Crippen molar-refractivity contribution in [2.75, 3.05) is 6.61 Å². The molecule has 0 aromatic heterocycles. The first-order valence-electron chi connectivity index (χ1n) is 6.64. The maximum Gasteiger partial charge on any atom is 0.0719 e. The van der Waals surface area contributed by atoms with E-state index in [1.54, 1.807) is 0 Å². The van der Waals surface area contributed by atoms with E-state index in [0.717, 1.165) is 13.2 Å². The summed E-state index contributed by atoms with van der Waals surface area (Å²) in [6.07, 6.45) is 5.04. The number of hydrogen-bond donors (Lipinski definition) is 1. The summed E-state index contributed by atoms with van der Waals surface area (Å²) in [5.74, 6) is 0. The fraction of sp³-hybridized carbons (Fsp3) is 0.600. The summed E-state index contributed by atoms with van der Waals surface area (Å²) < 4.78 is 5.69. The Morgan fingerprint density at radius 1 is 1.18 bits per heavy atom. The minimum Gasteiger partial charge on any atom is -0.377 e. The molecule has 0 atom stereocenters. The van der Waals surface area contributed by atoms with Crippen molar-refractivity contribution in [3.05, 3.63) is 34.9 Å². The van der Waals surface area contributed by atoms with Gasteiger partial charge in [0.25, 0.3) is 0 Å². The molecule has 0 spiro atoms. The van der Waals surface area contributed by atoms with Gasteiger partial charge < -0.3 is 10.5 Å².